The lowest BCUT2D eigenvalue weighted by molar-refractivity contribution is -0.150. The zero-order chi connectivity index (χ0) is 31.9. The minimum Gasteiger partial charge on any atom is -0.467 e. The minimum atomic E-state index is -1.64. The van der Waals surface area contributed by atoms with Crippen molar-refractivity contribution in [1.82, 2.24) is 20.9 Å². The molecule has 1 aliphatic rings. The van der Waals surface area contributed by atoms with Crippen molar-refractivity contribution in [2.45, 2.75) is 96.4 Å². The van der Waals surface area contributed by atoms with Crippen LogP contribution in [0.15, 0.2) is 30.3 Å². The first-order valence-electron chi connectivity index (χ1n) is 13.6. The third kappa shape index (κ3) is 9.07. The second kappa shape index (κ2) is 13.4. The molecule has 2 atom stereocenters. The van der Waals surface area contributed by atoms with Crippen molar-refractivity contribution in [1.29, 1.82) is 0 Å². The zero-order valence-electron chi connectivity index (χ0n) is 25.9. The van der Waals surface area contributed by atoms with Crippen molar-refractivity contribution in [3.8, 4) is 0 Å². The Kier molecular flexibility index (Phi) is 11.0. The van der Waals surface area contributed by atoms with Crippen LogP contribution in [-0.2, 0) is 39.9 Å². The van der Waals surface area contributed by atoms with Gasteiger partial charge in [0.15, 0.2) is 0 Å². The molecule has 13 heteroatoms. The molecule has 4 amide bonds. The van der Waals surface area contributed by atoms with Crippen LogP contribution in [-0.4, -0.2) is 84.1 Å². The molecule has 234 valence electrons. The van der Waals surface area contributed by atoms with Gasteiger partial charge in [0.05, 0.1) is 7.11 Å². The number of nitrogens with zero attached hydrogens (tertiary/aromatic N) is 1. The molecule has 0 aliphatic carbocycles. The van der Waals surface area contributed by atoms with Gasteiger partial charge in [-0.3, -0.25) is 14.5 Å². The van der Waals surface area contributed by atoms with Crippen molar-refractivity contribution < 1.29 is 42.9 Å². The van der Waals surface area contributed by atoms with E-state index in [0.717, 1.165) is 5.56 Å². The molecule has 1 heterocycles. The Hall–Kier alpha value is -3.87. The first kappa shape index (κ1) is 34.3. The maximum Gasteiger partial charge on any atom is 0.412 e. The molecule has 0 aromatic heterocycles. The van der Waals surface area contributed by atoms with Gasteiger partial charge >= 0.3 is 18.2 Å². The first-order valence-corrected chi connectivity index (χ1v) is 13.6. The lowest BCUT2D eigenvalue weighted by Gasteiger charge is -2.45. The number of rotatable bonds is 9. The average molecular weight is 593 g/mol. The molecule has 1 aromatic carbocycles. The van der Waals surface area contributed by atoms with Gasteiger partial charge in [0.25, 0.3) is 0 Å². The number of esters is 1. The van der Waals surface area contributed by atoms with Gasteiger partial charge in [-0.2, -0.15) is 0 Å². The number of hydrogen-bond donors (Lipinski definition) is 3. The number of methoxy groups -OCH3 is 2. The van der Waals surface area contributed by atoms with Gasteiger partial charge in [-0.25, -0.2) is 14.4 Å². The summed E-state index contributed by atoms with van der Waals surface area (Å²) in [5.74, 6) is -2.04. The molecular formula is C29H44N4O9. The van der Waals surface area contributed by atoms with Crippen molar-refractivity contribution in [2.75, 3.05) is 20.8 Å². The zero-order valence-corrected chi connectivity index (χ0v) is 25.9. The lowest BCUT2D eigenvalue weighted by atomic mass is 9.84. The largest absolute Gasteiger partial charge is 0.467 e. The Morgan fingerprint density at radius 2 is 1.55 bits per heavy atom. The monoisotopic (exact) mass is 592 g/mol. The molecule has 1 saturated heterocycles. The summed E-state index contributed by atoms with van der Waals surface area (Å²) < 4.78 is 21.2. The summed E-state index contributed by atoms with van der Waals surface area (Å²) in [5.41, 5.74) is -4.56. The molecule has 42 heavy (non-hydrogen) atoms. The van der Waals surface area contributed by atoms with Gasteiger partial charge in [-0.1, -0.05) is 30.3 Å². The maximum absolute atomic E-state index is 13.9. The van der Waals surface area contributed by atoms with Crippen molar-refractivity contribution >= 4 is 30.0 Å². The highest BCUT2D eigenvalue weighted by atomic mass is 16.6. The smallest absolute Gasteiger partial charge is 0.412 e. The van der Waals surface area contributed by atoms with Gasteiger partial charge in [0.1, 0.15) is 35.1 Å². The summed E-state index contributed by atoms with van der Waals surface area (Å²) in [7, 11) is 2.57. The molecule has 1 fully saturated rings. The Morgan fingerprint density at radius 1 is 0.929 bits per heavy atom. The molecule has 1 aliphatic heterocycles. The van der Waals surface area contributed by atoms with Crippen LogP contribution in [0, 0.1) is 0 Å². The van der Waals surface area contributed by atoms with Gasteiger partial charge in [0, 0.05) is 20.1 Å². The number of amides is 4. The Bertz CT molecular complexity index is 1150. The quantitative estimate of drug-likeness (QED) is 0.289. The number of likely N-dealkylation sites (tertiary alicyclic amines) is 1. The highest BCUT2D eigenvalue weighted by Crippen LogP contribution is 2.30. The van der Waals surface area contributed by atoms with Gasteiger partial charge in [-0.05, 0) is 60.5 Å². The molecule has 1 aromatic rings. The van der Waals surface area contributed by atoms with Crippen LogP contribution in [0.25, 0.3) is 0 Å². The summed E-state index contributed by atoms with van der Waals surface area (Å²) in [5, 5.41) is 7.94. The van der Waals surface area contributed by atoms with E-state index in [1.807, 2.05) is 6.07 Å². The third-order valence-corrected chi connectivity index (χ3v) is 6.65. The van der Waals surface area contributed by atoms with Crippen LogP contribution in [0.5, 0.6) is 0 Å². The maximum atomic E-state index is 13.9. The lowest BCUT2D eigenvalue weighted by Crippen LogP contribution is -2.70. The van der Waals surface area contributed by atoms with Crippen LogP contribution < -0.4 is 16.0 Å². The van der Waals surface area contributed by atoms with Crippen molar-refractivity contribution in [3.63, 3.8) is 0 Å². The van der Waals surface area contributed by atoms with E-state index in [2.05, 4.69) is 16.0 Å². The standard InChI is InChI=1S/C29H44N4O9/c1-26(2,3)42-25(38)33-16-15-29(17-20(33)39-8,32-24(37)41-18-19-13-11-10-12-14-19)22(35)31-27(4,5)21(34)30-28(6,7)23(36)40-9/h10-14,20H,15-18H2,1-9H3,(H,30,34)(H,31,35)(H,32,37). The summed E-state index contributed by atoms with van der Waals surface area (Å²) >= 11 is 0. The SMILES string of the molecule is COC(=O)C(C)(C)NC(=O)C(C)(C)NC(=O)C1(NC(=O)OCc2ccccc2)CCN(C(=O)OC(C)(C)C)C(OC)C1. The Morgan fingerprint density at radius 3 is 2.10 bits per heavy atom. The van der Waals surface area contributed by atoms with Crippen molar-refractivity contribution in [3.05, 3.63) is 35.9 Å². The van der Waals surface area contributed by atoms with Crippen LogP contribution >= 0.6 is 0 Å². The fraction of sp³-hybridized carbons (Fsp3) is 0.621. The molecule has 0 bridgehead atoms. The predicted molar refractivity (Wildman–Crippen MR) is 152 cm³/mol. The number of alkyl carbamates (subject to hydrolysis) is 1. The van der Waals surface area contributed by atoms with Crippen LogP contribution in [0.3, 0.4) is 0 Å². The van der Waals surface area contributed by atoms with E-state index >= 15 is 0 Å². The van der Waals surface area contributed by atoms with E-state index in [9.17, 15) is 24.0 Å². The Balaban J connectivity index is 2.32. The summed E-state index contributed by atoms with van der Waals surface area (Å²) in [6, 6.07) is 9.00. The number of ether oxygens (including phenoxy) is 4. The summed E-state index contributed by atoms with van der Waals surface area (Å²) in [6.07, 6.45) is -2.67. The first-order chi connectivity index (χ1) is 19.4. The van der Waals surface area contributed by atoms with Crippen molar-refractivity contribution in [2.24, 2.45) is 0 Å². The normalized spacial score (nSPS) is 19.3. The highest BCUT2D eigenvalue weighted by molar-refractivity contribution is 5.97. The molecule has 2 unspecified atom stereocenters. The van der Waals surface area contributed by atoms with E-state index < -0.39 is 58.4 Å². The summed E-state index contributed by atoms with van der Waals surface area (Å²) in [4.78, 5) is 66.4. The van der Waals surface area contributed by atoms with E-state index in [1.54, 1.807) is 45.0 Å². The Labute approximate surface area is 246 Å². The van der Waals surface area contributed by atoms with E-state index in [0.29, 0.717) is 0 Å². The molecule has 0 spiro atoms. The second-order valence-corrected chi connectivity index (χ2v) is 12.2. The number of benzene rings is 1. The van der Waals surface area contributed by atoms with E-state index in [-0.39, 0.29) is 26.0 Å². The summed E-state index contributed by atoms with van der Waals surface area (Å²) in [6.45, 7) is 11.0. The van der Waals surface area contributed by atoms with Gasteiger partial charge in [-0.15, -0.1) is 0 Å². The molecule has 2 rings (SSSR count). The van der Waals surface area contributed by atoms with Crippen LogP contribution in [0.1, 0.15) is 66.9 Å². The molecule has 0 saturated carbocycles. The van der Waals surface area contributed by atoms with Gasteiger partial charge in [0.2, 0.25) is 11.8 Å². The number of nitrogens with one attached hydrogen (secondary N) is 3. The van der Waals surface area contributed by atoms with E-state index in [1.165, 1.54) is 46.8 Å². The average Bonchev–Trinajstić information content (AvgIpc) is 2.90. The minimum absolute atomic E-state index is 0.0121. The third-order valence-electron chi connectivity index (χ3n) is 6.65. The number of carbonyl (C=O) groups excluding carboxylic acids is 5. The van der Waals surface area contributed by atoms with Crippen LogP contribution in [0.4, 0.5) is 9.59 Å². The molecule has 13 nitrogen and oxygen atoms in total. The van der Waals surface area contributed by atoms with Crippen LogP contribution in [0.2, 0.25) is 0 Å². The topological polar surface area (TPSA) is 162 Å². The number of hydrogen-bond acceptors (Lipinski definition) is 9. The molecule has 3 N–H and O–H groups in total. The number of carbonyl (C=O) groups is 5. The molecular weight excluding hydrogens is 548 g/mol. The highest BCUT2D eigenvalue weighted by Gasteiger charge is 2.51. The van der Waals surface area contributed by atoms with Gasteiger partial charge < -0.3 is 34.9 Å². The fourth-order valence-corrected chi connectivity index (χ4v) is 4.24. The molecule has 0 radical (unpaired) electrons. The number of piperidine rings is 1. The van der Waals surface area contributed by atoms with E-state index in [4.69, 9.17) is 18.9 Å². The second-order valence-electron chi connectivity index (χ2n) is 12.2. The fourth-order valence-electron chi connectivity index (χ4n) is 4.24. The predicted octanol–water partition coefficient (Wildman–Crippen LogP) is 2.62.